The summed E-state index contributed by atoms with van der Waals surface area (Å²) in [4.78, 5) is 17.1. The molecule has 0 spiro atoms. The molecular formula is C25H24N4O3S. The van der Waals surface area contributed by atoms with Gasteiger partial charge in [-0.15, -0.1) is 0 Å². The van der Waals surface area contributed by atoms with Crippen LogP contribution >= 0.6 is 11.8 Å². The van der Waals surface area contributed by atoms with Gasteiger partial charge in [0, 0.05) is 5.56 Å². The number of imidazole rings is 1. The lowest BCUT2D eigenvalue weighted by Gasteiger charge is -2.09. The number of fused-ring (bicyclic) bond motifs is 1. The number of aromatic nitrogens is 2. The van der Waals surface area contributed by atoms with Gasteiger partial charge in [0.15, 0.2) is 16.7 Å². The molecule has 33 heavy (non-hydrogen) atoms. The van der Waals surface area contributed by atoms with Crippen LogP contribution in [0.5, 0.6) is 11.5 Å². The van der Waals surface area contributed by atoms with E-state index in [1.165, 1.54) is 18.0 Å². The summed E-state index contributed by atoms with van der Waals surface area (Å²) < 4.78 is 7.47. The molecule has 0 saturated carbocycles. The van der Waals surface area contributed by atoms with Crippen molar-refractivity contribution in [1.82, 2.24) is 15.0 Å². The Morgan fingerprint density at radius 3 is 2.73 bits per heavy atom. The minimum Gasteiger partial charge on any atom is -0.504 e. The van der Waals surface area contributed by atoms with Crippen molar-refractivity contribution in [3.63, 3.8) is 0 Å². The van der Waals surface area contributed by atoms with Crippen LogP contribution in [0.25, 0.3) is 11.0 Å². The van der Waals surface area contributed by atoms with Crippen LogP contribution in [-0.2, 0) is 11.3 Å². The molecule has 0 bridgehead atoms. The molecule has 2 N–H and O–H groups in total. The van der Waals surface area contributed by atoms with E-state index in [-0.39, 0.29) is 17.4 Å². The number of phenolic OH excluding ortho intramolecular Hbond substituents is 1. The van der Waals surface area contributed by atoms with Gasteiger partial charge >= 0.3 is 0 Å². The summed E-state index contributed by atoms with van der Waals surface area (Å²) in [6.45, 7) is 2.95. The second kappa shape index (κ2) is 10.7. The number of amides is 1. The first-order chi connectivity index (χ1) is 16.2. The van der Waals surface area contributed by atoms with Crippen molar-refractivity contribution in [2.45, 2.75) is 18.6 Å². The molecule has 1 heterocycles. The van der Waals surface area contributed by atoms with Crippen LogP contribution in [-0.4, -0.2) is 39.1 Å². The number of hydrazone groups is 1. The van der Waals surface area contributed by atoms with Crippen LogP contribution in [0.15, 0.2) is 83.1 Å². The molecule has 0 aliphatic rings. The Morgan fingerprint density at radius 2 is 1.91 bits per heavy atom. The molecule has 1 aromatic heterocycles. The lowest BCUT2D eigenvalue weighted by atomic mass is 10.2. The number of hydrogen-bond donors (Lipinski definition) is 2. The van der Waals surface area contributed by atoms with Gasteiger partial charge < -0.3 is 14.4 Å². The van der Waals surface area contributed by atoms with E-state index in [1.54, 1.807) is 18.2 Å². The third kappa shape index (κ3) is 5.53. The van der Waals surface area contributed by atoms with Crippen molar-refractivity contribution >= 4 is 34.9 Å². The van der Waals surface area contributed by atoms with E-state index in [4.69, 9.17) is 9.72 Å². The van der Waals surface area contributed by atoms with E-state index in [0.29, 0.717) is 24.5 Å². The summed E-state index contributed by atoms with van der Waals surface area (Å²) in [5.74, 6) is 0.248. The smallest absolute Gasteiger partial charge is 0.250 e. The van der Waals surface area contributed by atoms with Crippen molar-refractivity contribution in [2.75, 3.05) is 12.4 Å². The molecule has 0 fully saturated rings. The first kappa shape index (κ1) is 22.4. The molecule has 8 heteroatoms. The number of para-hydroxylation sites is 3. The van der Waals surface area contributed by atoms with Crippen LogP contribution in [0.4, 0.5) is 0 Å². The number of rotatable bonds is 9. The van der Waals surface area contributed by atoms with E-state index in [0.717, 1.165) is 21.8 Å². The molecule has 0 atom stereocenters. The third-order valence-electron chi connectivity index (χ3n) is 4.86. The van der Waals surface area contributed by atoms with Gasteiger partial charge in [-0.1, -0.05) is 60.3 Å². The zero-order valence-corrected chi connectivity index (χ0v) is 19.0. The minimum absolute atomic E-state index is 0.0126. The van der Waals surface area contributed by atoms with Gasteiger partial charge in [0.25, 0.3) is 5.91 Å². The molecule has 0 saturated heterocycles. The Morgan fingerprint density at radius 1 is 1.12 bits per heavy atom. The van der Waals surface area contributed by atoms with E-state index in [2.05, 4.69) is 27.2 Å². The maximum atomic E-state index is 12.4. The van der Waals surface area contributed by atoms with Gasteiger partial charge in [0.05, 0.1) is 36.2 Å². The molecule has 0 unspecified atom stereocenters. The van der Waals surface area contributed by atoms with Gasteiger partial charge in [-0.3, -0.25) is 4.79 Å². The van der Waals surface area contributed by atoms with Gasteiger partial charge in [-0.2, -0.15) is 5.10 Å². The van der Waals surface area contributed by atoms with Crippen LogP contribution in [0.2, 0.25) is 0 Å². The molecule has 3 aromatic carbocycles. The predicted octanol–water partition coefficient (Wildman–Crippen LogP) is 4.43. The summed E-state index contributed by atoms with van der Waals surface area (Å²) in [5, 5.41) is 14.9. The number of benzene rings is 3. The number of carbonyl (C=O) groups excluding carboxylic acids is 1. The lowest BCUT2D eigenvalue weighted by molar-refractivity contribution is -0.118. The summed E-state index contributed by atoms with van der Waals surface area (Å²) in [6.07, 6.45) is 1.39. The molecule has 4 aromatic rings. The number of aromatic hydroxyl groups is 1. The first-order valence-electron chi connectivity index (χ1n) is 10.5. The SMILES string of the molecule is CCOc1cccc(/C=N/NC(=O)CSc2nc3ccccc3n2Cc2ccccc2)c1O. The fourth-order valence-electron chi connectivity index (χ4n) is 3.33. The lowest BCUT2D eigenvalue weighted by Crippen LogP contribution is -2.20. The van der Waals surface area contributed by atoms with Gasteiger partial charge in [-0.05, 0) is 36.8 Å². The fourth-order valence-corrected chi connectivity index (χ4v) is 4.14. The molecule has 0 aliphatic heterocycles. The van der Waals surface area contributed by atoms with Crippen molar-refractivity contribution in [1.29, 1.82) is 0 Å². The van der Waals surface area contributed by atoms with Crippen LogP contribution < -0.4 is 10.2 Å². The highest BCUT2D eigenvalue weighted by atomic mass is 32.2. The topological polar surface area (TPSA) is 88.7 Å². The number of carbonyl (C=O) groups is 1. The Hall–Kier alpha value is -3.78. The molecule has 4 rings (SSSR count). The van der Waals surface area contributed by atoms with E-state index in [1.807, 2.05) is 49.4 Å². The monoisotopic (exact) mass is 460 g/mol. The highest BCUT2D eigenvalue weighted by Crippen LogP contribution is 2.28. The number of nitrogens with zero attached hydrogens (tertiary/aromatic N) is 3. The highest BCUT2D eigenvalue weighted by Gasteiger charge is 2.13. The van der Waals surface area contributed by atoms with Gasteiger partial charge in [0.1, 0.15) is 0 Å². The largest absolute Gasteiger partial charge is 0.504 e. The van der Waals surface area contributed by atoms with E-state index in [9.17, 15) is 9.90 Å². The number of phenols is 1. The van der Waals surface area contributed by atoms with Crippen molar-refractivity contribution in [3.8, 4) is 11.5 Å². The quantitative estimate of drug-likeness (QED) is 0.219. The summed E-state index contributed by atoms with van der Waals surface area (Å²) in [7, 11) is 0. The van der Waals surface area contributed by atoms with E-state index >= 15 is 0 Å². The zero-order valence-electron chi connectivity index (χ0n) is 18.1. The number of hydrogen-bond acceptors (Lipinski definition) is 6. The molecule has 0 aliphatic carbocycles. The van der Waals surface area contributed by atoms with Crippen LogP contribution in [0, 0.1) is 0 Å². The summed E-state index contributed by atoms with van der Waals surface area (Å²) in [5.41, 5.74) is 6.03. The zero-order chi connectivity index (χ0) is 23.0. The first-order valence-corrected chi connectivity index (χ1v) is 11.5. The Labute approximate surface area is 196 Å². The Bertz CT molecular complexity index is 1270. The maximum absolute atomic E-state index is 12.4. The van der Waals surface area contributed by atoms with Gasteiger partial charge in [0.2, 0.25) is 0 Å². The predicted molar refractivity (Wildman–Crippen MR) is 131 cm³/mol. The third-order valence-corrected chi connectivity index (χ3v) is 5.83. The second-order valence-electron chi connectivity index (χ2n) is 7.16. The molecule has 0 radical (unpaired) electrons. The average molecular weight is 461 g/mol. The molecule has 7 nitrogen and oxygen atoms in total. The summed E-state index contributed by atoms with van der Waals surface area (Å²) in [6, 6.07) is 23.2. The van der Waals surface area contributed by atoms with Crippen LogP contribution in [0.3, 0.4) is 0 Å². The molecule has 168 valence electrons. The number of nitrogens with one attached hydrogen (secondary N) is 1. The second-order valence-corrected chi connectivity index (χ2v) is 8.11. The van der Waals surface area contributed by atoms with Crippen LogP contribution in [0.1, 0.15) is 18.1 Å². The molecular weight excluding hydrogens is 436 g/mol. The fraction of sp³-hybridized carbons (Fsp3) is 0.160. The van der Waals surface area contributed by atoms with Crippen molar-refractivity contribution in [3.05, 3.63) is 83.9 Å². The minimum atomic E-state index is -0.269. The van der Waals surface area contributed by atoms with Gasteiger partial charge in [-0.25, -0.2) is 10.4 Å². The van der Waals surface area contributed by atoms with Crippen molar-refractivity contribution in [2.24, 2.45) is 5.10 Å². The molecule has 1 amide bonds. The highest BCUT2D eigenvalue weighted by molar-refractivity contribution is 7.99. The Balaban J connectivity index is 1.42. The Kier molecular flexibility index (Phi) is 7.26. The van der Waals surface area contributed by atoms with E-state index < -0.39 is 0 Å². The number of thioether (sulfide) groups is 1. The summed E-state index contributed by atoms with van der Waals surface area (Å²) >= 11 is 1.36. The maximum Gasteiger partial charge on any atom is 0.250 e. The number of ether oxygens (including phenoxy) is 1. The van der Waals surface area contributed by atoms with Crippen molar-refractivity contribution < 1.29 is 14.6 Å². The standard InChI is InChI=1S/C25H24N4O3S/c1-2-32-22-14-8-11-19(24(22)31)15-26-28-23(30)17-33-25-27-20-12-6-7-13-21(20)29(25)16-18-9-4-3-5-10-18/h3-15,31H,2,16-17H2,1H3,(H,28,30)/b26-15+. The average Bonchev–Trinajstić information content (AvgIpc) is 3.18. The normalized spacial score (nSPS) is 11.2.